The van der Waals surface area contributed by atoms with Gasteiger partial charge >= 0.3 is 6.03 Å². The highest BCUT2D eigenvalue weighted by Gasteiger charge is 2.27. The molecule has 0 atom stereocenters. The van der Waals surface area contributed by atoms with Gasteiger partial charge in [0.1, 0.15) is 5.75 Å². The van der Waals surface area contributed by atoms with Crippen LogP contribution in [0.15, 0.2) is 24.3 Å². The molecule has 0 spiro atoms. The number of carbonyl (C=O) groups is 3. The summed E-state index contributed by atoms with van der Waals surface area (Å²) in [6, 6.07) is 6.68. The molecule has 22 heavy (non-hydrogen) atoms. The number of likely N-dealkylation sites (tertiary alicyclic amines) is 1. The summed E-state index contributed by atoms with van der Waals surface area (Å²) in [5.41, 5.74) is 0.627. The van der Waals surface area contributed by atoms with Crippen molar-refractivity contribution in [2.75, 3.05) is 25.5 Å². The first-order chi connectivity index (χ1) is 10.6. The van der Waals surface area contributed by atoms with Crippen molar-refractivity contribution in [1.29, 1.82) is 0 Å². The molecule has 1 saturated heterocycles. The number of methoxy groups -OCH3 is 1. The smallest absolute Gasteiger partial charge is 0.319 e. The number of imide groups is 1. The van der Waals surface area contributed by atoms with Crippen LogP contribution in [-0.2, 0) is 9.59 Å². The van der Waals surface area contributed by atoms with E-state index in [4.69, 9.17) is 4.74 Å². The summed E-state index contributed by atoms with van der Waals surface area (Å²) in [5, 5.41) is 5.37. The Morgan fingerprint density at radius 2 is 2.00 bits per heavy atom. The quantitative estimate of drug-likeness (QED) is 0.613. The predicted molar refractivity (Wildman–Crippen MR) is 80.6 cm³/mol. The lowest BCUT2D eigenvalue weighted by Crippen LogP contribution is -2.34. The minimum atomic E-state index is -0.340. The predicted octanol–water partition coefficient (Wildman–Crippen LogP) is 1.36. The topological polar surface area (TPSA) is 87.7 Å². The van der Waals surface area contributed by atoms with Crippen molar-refractivity contribution < 1.29 is 19.1 Å². The van der Waals surface area contributed by atoms with Gasteiger partial charge in [-0.25, -0.2) is 4.79 Å². The highest BCUT2D eigenvalue weighted by Crippen LogP contribution is 2.16. The molecule has 7 heteroatoms. The van der Waals surface area contributed by atoms with Crippen molar-refractivity contribution >= 4 is 23.5 Å². The van der Waals surface area contributed by atoms with Crippen LogP contribution in [0.2, 0.25) is 0 Å². The minimum absolute atomic E-state index is 0.133. The second kappa shape index (κ2) is 7.44. The third kappa shape index (κ3) is 4.21. The van der Waals surface area contributed by atoms with Gasteiger partial charge in [0.2, 0.25) is 11.8 Å². The Hall–Kier alpha value is -2.57. The van der Waals surface area contributed by atoms with Gasteiger partial charge in [-0.05, 0) is 18.6 Å². The number of urea groups is 1. The first-order valence-electron chi connectivity index (χ1n) is 7.12. The summed E-state index contributed by atoms with van der Waals surface area (Å²) in [6.07, 6.45) is 1.12. The minimum Gasteiger partial charge on any atom is -0.497 e. The highest BCUT2D eigenvalue weighted by molar-refractivity contribution is 6.01. The second-order valence-corrected chi connectivity index (χ2v) is 4.91. The molecule has 0 radical (unpaired) electrons. The maximum Gasteiger partial charge on any atom is 0.319 e. The molecule has 1 aliphatic heterocycles. The summed E-state index contributed by atoms with van der Waals surface area (Å²) < 4.78 is 5.07. The molecular weight excluding hydrogens is 286 g/mol. The molecule has 1 fully saturated rings. The van der Waals surface area contributed by atoms with E-state index in [1.807, 2.05) is 0 Å². The number of carbonyl (C=O) groups excluding carboxylic acids is 3. The van der Waals surface area contributed by atoms with E-state index in [-0.39, 0.29) is 17.8 Å². The normalized spacial score (nSPS) is 14.1. The number of ether oxygens (including phenoxy) is 1. The molecule has 4 amide bonds. The van der Waals surface area contributed by atoms with E-state index in [2.05, 4.69) is 10.6 Å². The Morgan fingerprint density at radius 3 is 2.68 bits per heavy atom. The molecule has 0 saturated carbocycles. The Balaban J connectivity index is 1.69. The van der Waals surface area contributed by atoms with E-state index < -0.39 is 0 Å². The lowest BCUT2D eigenvalue weighted by atomic mass is 10.3. The Morgan fingerprint density at radius 1 is 1.27 bits per heavy atom. The first-order valence-corrected chi connectivity index (χ1v) is 7.12. The zero-order chi connectivity index (χ0) is 15.9. The largest absolute Gasteiger partial charge is 0.497 e. The van der Waals surface area contributed by atoms with Crippen LogP contribution < -0.4 is 15.4 Å². The molecule has 7 nitrogen and oxygen atoms in total. The van der Waals surface area contributed by atoms with Crippen molar-refractivity contribution in [3.8, 4) is 5.75 Å². The Labute approximate surface area is 128 Å². The fourth-order valence-electron chi connectivity index (χ4n) is 2.19. The van der Waals surface area contributed by atoms with Crippen LogP contribution in [0.3, 0.4) is 0 Å². The van der Waals surface area contributed by atoms with E-state index in [9.17, 15) is 14.4 Å². The van der Waals surface area contributed by atoms with Crippen LogP contribution in [0.5, 0.6) is 5.75 Å². The molecule has 0 unspecified atom stereocenters. The monoisotopic (exact) mass is 305 g/mol. The lowest BCUT2D eigenvalue weighted by molar-refractivity contribution is -0.138. The average molecular weight is 305 g/mol. The Bertz CT molecular complexity index is 558. The maximum atomic E-state index is 11.7. The third-order valence-corrected chi connectivity index (χ3v) is 3.33. The van der Waals surface area contributed by atoms with Crippen LogP contribution in [0, 0.1) is 0 Å². The van der Waals surface area contributed by atoms with Gasteiger partial charge in [-0.15, -0.1) is 0 Å². The summed E-state index contributed by atoms with van der Waals surface area (Å²) in [4.78, 5) is 35.8. The summed E-state index contributed by atoms with van der Waals surface area (Å²) in [6.45, 7) is 0.726. The van der Waals surface area contributed by atoms with E-state index in [0.717, 1.165) is 0 Å². The SMILES string of the molecule is COc1cccc(NC(=O)NCCCN2C(=O)CCC2=O)c1. The number of nitrogens with one attached hydrogen (secondary N) is 2. The number of anilines is 1. The third-order valence-electron chi connectivity index (χ3n) is 3.33. The van der Waals surface area contributed by atoms with Gasteiger partial charge < -0.3 is 15.4 Å². The van der Waals surface area contributed by atoms with Crippen LogP contribution in [0.4, 0.5) is 10.5 Å². The summed E-state index contributed by atoms with van der Waals surface area (Å²) in [5.74, 6) is 0.389. The van der Waals surface area contributed by atoms with E-state index in [1.54, 1.807) is 31.4 Å². The van der Waals surface area contributed by atoms with Gasteiger partial charge in [0.25, 0.3) is 0 Å². The zero-order valence-electron chi connectivity index (χ0n) is 12.4. The lowest BCUT2D eigenvalue weighted by Gasteiger charge is -2.14. The van der Waals surface area contributed by atoms with Crippen LogP contribution in [0.25, 0.3) is 0 Å². The molecule has 1 heterocycles. The van der Waals surface area contributed by atoms with Gasteiger partial charge in [-0.1, -0.05) is 6.07 Å². The number of amides is 4. The van der Waals surface area contributed by atoms with Gasteiger partial charge in [0.05, 0.1) is 7.11 Å². The van der Waals surface area contributed by atoms with Gasteiger partial charge in [0.15, 0.2) is 0 Å². The number of benzene rings is 1. The number of hydrogen-bond acceptors (Lipinski definition) is 4. The Kier molecular flexibility index (Phi) is 5.35. The van der Waals surface area contributed by atoms with E-state index >= 15 is 0 Å². The van der Waals surface area contributed by atoms with Crippen LogP contribution >= 0.6 is 0 Å². The van der Waals surface area contributed by atoms with Crippen LogP contribution in [-0.4, -0.2) is 42.9 Å². The second-order valence-electron chi connectivity index (χ2n) is 4.91. The molecule has 0 bridgehead atoms. The fourth-order valence-corrected chi connectivity index (χ4v) is 2.19. The fraction of sp³-hybridized carbons (Fsp3) is 0.400. The highest BCUT2D eigenvalue weighted by atomic mass is 16.5. The molecule has 1 aromatic rings. The molecule has 0 aromatic heterocycles. The number of hydrogen-bond donors (Lipinski definition) is 2. The summed E-state index contributed by atoms with van der Waals surface area (Å²) >= 11 is 0. The van der Waals surface area contributed by atoms with Crippen molar-refractivity contribution in [3.05, 3.63) is 24.3 Å². The molecule has 2 N–H and O–H groups in total. The van der Waals surface area contributed by atoms with Crippen molar-refractivity contribution in [2.45, 2.75) is 19.3 Å². The summed E-state index contributed by atoms with van der Waals surface area (Å²) in [7, 11) is 1.56. The zero-order valence-corrected chi connectivity index (χ0v) is 12.4. The standard InChI is InChI=1S/C15H19N3O4/c1-22-12-5-2-4-11(10-12)17-15(21)16-8-3-9-18-13(19)6-7-14(18)20/h2,4-5,10H,3,6-9H2,1H3,(H2,16,17,21). The van der Waals surface area contributed by atoms with Crippen molar-refractivity contribution in [2.24, 2.45) is 0 Å². The number of nitrogens with zero attached hydrogens (tertiary/aromatic N) is 1. The molecule has 118 valence electrons. The molecule has 1 aliphatic rings. The van der Waals surface area contributed by atoms with E-state index in [0.29, 0.717) is 43.8 Å². The molecule has 2 rings (SSSR count). The average Bonchev–Trinajstić information content (AvgIpc) is 2.83. The molecular formula is C15H19N3O4. The maximum absolute atomic E-state index is 11.7. The molecule has 0 aliphatic carbocycles. The van der Waals surface area contributed by atoms with Crippen LogP contribution in [0.1, 0.15) is 19.3 Å². The first kappa shape index (κ1) is 15.8. The molecule has 1 aromatic carbocycles. The number of rotatable bonds is 6. The van der Waals surface area contributed by atoms with E-state index in [1.165, 1.54) is 4.90 Å². The van der Waals surface area contributed by atoms with Gasteiger partial charge in [-0.2, -0.15) is 0 Å². The van der Waals surface area contributed by atoms with Crippen molar-refractivity contribution in [1.82, 2.24) is 10.2 Å². The van der Waals surface area contributed by atoms with Gasteiger partial charge in [-0.3, -0.25) is 14.5 Å². The van der Waals surface area contributed by atoms with Gasteiger partial charge in [0, 0.05) is 37.7 Å². The van der Waals surface area contributed by atoms with Crippen molar-refractivity contribution in [3.63, 3.8) is 0 Å².